The number of hydrogen-bond acceptors (Lipinski definition) is 5. The lowest BCUT2D eigenvalue weighted by molar-refractivity contribution is 0.0969. The van der Waals surface area contributed by atoms with E-state index in [4.69, 9.17) is 9.47 Å². The zero-order chi connectivity index (χ0) is 25.8. The first-order valence-corrected chi connectivity index (χ1v) is 14.8. The van der Waals surface area contributed by atoms with Crippen molar-refractivity contribution in [1.29, 1.82) is 0 Å². The molecule has 0 radical (unpaired) electrons. The van der Waals surface area contributed by atoms with E-state index in [9.17, 15) is 0 Å². The lowest BCUT2D eigenvalue weighted by Crippen LogP contribution is -2.47. The van der Waals surface area contributed by atoms with Crippen molar-refractivity contribution >= 4 is 23.8 Å². The first kappa shape index (κ1) is 30.4. The third-order valence-electron chi connectivity index (χ3n) is 8.55. The highest BCUT2D eigenvalue weighted by Gasteiger charge is 2.40. The van der Waals surface area contributed by atoms with E-state index in [1.165, 1.54) is 69.5 Å². The highest BCUT2D eigenvalue weighted by atomic mass is 35.5. The fraction of sp³-hybridized carbons (Fsp3) is 0.806. The smallest absolute Gasteiger partial charge is 0.144 e. The van der Waals surface area contributed by atoms with E-state index in [-0.39, 0.29) is 12.4 Å². The third kappa shape index (κ3) is 7.92. The summed E-state index contributed by atoms with van der Waals surface area (Å²) in [4.78, 5) is 7.84. The molecule has 5 nitrogen and oxygen atoms in total. The van der Waals surface area contributed by atoms with Gasteiger partial charge in [0, 0.05) is 51.0 Å². The lowest BCUT2D eigenvalue weighted by Gasteiger charge is -2.47. The Labute approximate surface area is 233 Å². The zero-order valence-corrected chi connectivity index (χ0v) is 25.4. The molecule has 0 amide bonds. The van der Waals surface area contributed by atoms with E-state index in [1.54, 1.807) is 5.56 Å². The molecule has 212 valence electrons. The Morgan fingerprint density at radius 2 is 1.46 bits per heavy atom. The number of benzene rings is 1. The minimum Gasteiger partial charge on any atom is -0.492 e. The van der Waals surface area contributed by atoms with E-state index >= 15 is 0 Å². The van der Waals surface area contributed by atoms with Crippen molar-refractivity contribution in [2.24, 2.45) is 10.8 Å². The van der Waals surface area contributed by atoms with Crippen LogP contribution in [0.2, 0.25) is 0 Å². The van der Waals surface area contributed by atoms with Gasteiger partial charge in [-0.15, -0.1) is 12.4 Å². The molecule has 3 aliphatic rings. The Morgan fingerprint density at radius 3 is 2.05 bits per heavy atom. The van der Waals surface area contributed by atoms with Gasteiger partial charge in [-0.25, -0.2) is 0 Å². The van der Waals surface area contributed by atoms with Crippen LogP contribution in [0.25, 0.3) is 0 Å². The number of halogens is 1. The minimum atomic E-state index is 0. The summed E-state index contributed by atoms with van der Waals surface area (Å²) in [7, 11) is 0. The van der Waals surface area contributed by atoms with Crippen LogP contribution in [0.4, 0.5) is 11.4 Å². The number of unbranched alkanes of at least 4 members (excludes halogenated alkanes) is 2. The predicted octanol–water partition coefficient (Wildman–Crippen LogP) is 6.98. The predicted molar refractivity (Wildman–Crippen MR) is 160 cm³/mol. The van der Waals surface area contributed by atoms with Crippen LogP contribution in [0.3, 0.4) is 0 Å². The Balaban J connectivity index is 0.00000380. The number of nitrogens with zero attached hydrogens (tertiary/aromatic N) is 3. The van der Waals surface area contributed by atoms with Crippen LogP contribution in [-0.2, 0) is 4.74 Å². The molecule has 2 heterocycles. The van der Waals surface area contributed by atoms with Crippen molar-refractivity contribution in [3.63, 3.8) is 0 Å². The van der Waals surface area contributed by atoms with Crippen molar-refractivity contribution in [3.05, 3.63) is 17.7 Å². The van der Waals surface area contributed by atoms with Gasteiger partial charge in [0.2, 0.25) is 0 Å². The van der Waals surface area contributed by atoms with Gasteiger partial charge in [0.15, 0.2) is 0 Å². The summed E-state index contributed by atoms with van der Waals surface area (Å²) >= 11 is 0. The summed E-state index contributed by atoms with van der Waals surface area (Å²) in [5.41, 5.74) is 4.99. The first-order valence-electron chi connectivity index (χ1n) is 14.8. The quantitative estimate of drug-likeness (QED) is 0.318. The van der Waals surface area contributed by atoms with Gasteiger partial charge in [-0.2, -0.15) is 0 Å². The van der Waals surface area contributed by atoms with E-state index in [2.05, 4.69) is 68.4 Å². The fourth-order valence-electron chi connectivity index (χ4n) is 7.36. The van der Waals surface area contributed by atoms with Crippen LogP contribution >= 0.6 is 12.4 Å². The largest absolute Gasteiger partial charge is 0.492 e. The molecule has 37 heavy (non-hydrogen) atoms. The molecule has 0 spiro atoms. The summed E-state index contributed by atoms with van der Waals surface area (Å²) in [5, 5.41) is 0. The van der Waals surface area contributed by atoms with E-state index < -0.39 is 0 Å². The molecule has 0 aromatic heterocycles. The van der Waals surface area contributed by atoms with Crippen LogP contribution in [0.15, 0.2) is 12.1 Å². The highest BCUT2D eigenvalue weighted by molar-refractivity contribution is 5.85. The zero-order valence-electron chi connectivity index (χ0n) is 24.6. The van der Waals surface area contributed by atoms with Crippen molar-refractivity contribution in [3.8, 4) is 5.75 Å². The topological polar surface area (TPSA) is 28.2 Å². The van der Waals surface area contributed by atoms with Gasteiger partial charge in [0.05, 0.1) is 25.5 Å². The second-order valence-electron chi connectivity index (χ2n) is 13.1. The maximum Gasteiger partial charge on any atom is 0.144 e. The monoisotopic (exact) mass is 535 g/mol. The minimum absolute atomic E-state index is 0. The molecule has 6 heteroatoms. The van der Waals surface area contributed by atoms with Crippen molar-refractivity contribution < 1.29 is 9.47 Å². The Kier molecular flexibility index (Phi) is 10.9. The van der Waals surface area contributed by atoms with Gasteiger partial charge in [-0.3, -0.25) is 4.90 Å². The molecule has 0 unspecified atom stereocenters. The molecular weight excluding hydrogens is 482 g/mol. The van der Waals surface area contributed by atoms with Gasteiger partial charge in [-0.05, 0) is 67.5 Å². The van der Waals surface area contributed by atoms with Crippen molar-refractivity contribution in [2.75, 3.05) is 75.4 Å². The first-order chi connectivity index (χ1) is 17.2. The van der Waals surface area contributed by atoms with Crippen LogP contribution < -0.4 is 14.5 Å². The second-order valence-corrected chi connectivity index (χ2v) is 13.1. The van der Waals surface area contributed by atoms with Gasteiger partial charge >= 0.3 is 0 Å². The third-order valence-corrected chi connectivity index (χ3v) is 8.55. The summed E-state index contributed by atoms with van der Waals surface area (Å²) in [6.07, 6.45) is 7.80. The number of ether oxygens (including phenoxy) is 2. The normalized spacial score (nSPS) is 22.5. The molecule has 4 rings (SSSR count). The van der Waals surface area contributed by atoms with Crippen molar-refractivity contribution in [2.45, 2.75) is 86.0 Å². The molecule has 1 saturated carbocycles. The van der Waals surface area contributed by atoms with Crippen LogP contribution in [0.1, 0.15) is 91.5 Å². The van der Waals surface area contributed by atoms with Gasteiger partial charge in [-0.1, -0.05) is 47.5 Å². The molecule has 0 N–H and O–H groups in total. The number of rotatable bonds is 9. The summed E-state index contributed by atoms with van der Waals surface area (Å²) in [6.45, 7) is 24.3. The molecule has 1 aromatic carbocycles. The molecule has 0 atom stereocenters. The van der Waals surface area contributed by atoms with Gasteiger partial charge in [0.1, 0.15) is 5.75 Å². The Bertz CT molecular complexity index is 829. The van der Waals surface area contributed by atoms with Gasteiger partial charge < -0.3 is 19.3 Å². The number of hydrogen-bond donors (Lipinski definition) is 0. The molecule has 2 aliphatic heterocycles. The molecule has 0 bridgehead atoms. The maximum absolute atomic E-state index is 6.31. The molecule has 1 aliphatic carbocycles. The molecule has 3 fully saturated rings. The molecule has 2 saturated heterocycles. The average Bonchev–Trinajstić information content (AvgIpc) is 2.83. The molecular formula is C31H54ClN3O2. The second kappa shape index (κ2) is 13.3. The Hall–Kier alpha value is -1.17. The summed E-state index contributed by atoms with van der Waals surface area (Å²) in [5.74, 6) is 1.63. The van der Waals surface area contributed by atoms with E-state index in [1.807, 2.05) is 0 Å². The average molecular weight is 536 g/mol. The highest BCUT2D eigenvalue weighted by Crippen LogP contribution is 2.54. The van der Waals surface area contributed by atoms with Crippen LogP contribution in [0.5, 0.6) is 5.75 Å². The SMILES string of the molecule is CCCCCN1CCN(c2cc(OCC)c(N3CCOCC3)cc2C2CC(C)(C)CC(C)(C)C2)CC1.Cl. The number of anilines is 2. The van der Waals surface area contributed by atoms with E-state index in [0.717, 1.165) is 45.1 Å². The van der Waals surface area contributed by atoms with Crippen molar-refractivity contribution in [1.82, 2.24) is 4.90 Å². The fourth-order valence-corrected chi connectivity index (χ4v) is 7.36. The summed E-state index contributed by atoms with van der Waals surface area (Å²) in [6, 6.07) is 4.94. The summed E-state index contributed by atoms with van der Waals surface area (Å²) < 4.78 is 12.0. The lowest BCUT2D eigenvalue weighted by atomic mass is 9.60. The van der Waals surface area contributed by atoms with E-state index in [0.29, 0.717) is 23.4 Å². The van der Waals surface area contributed by atoms with Crippen LogP contribution in [-0.4, -0.2) is 70.5 Å². The number of piperazine rings is 1. The standard InChI is InChI=1S/C31H53N3O2.ClH/c1-7-9-10-11-32-12-14-33(15-13-32)27-21-29(36-8-2)28(34-16-18-35-19-17-34)20-26(27)25-22-30(3,4)24-31(5,6)23-25;/h20-21,25H,7-19,22-24H2,1-6H3;1H. The number of morpholine rings is 1. The maximum atomic E-state index is 6.31. The molecule has 1 aromatic rings. The van der Waals surface area contributed by atoms with Crippen LogP contribution in [0, 0.1) is 10.8 Å². The van der Waals surface area contributed by atoms with Gasteiger partial charge in [0.25, 0.3) is 0 Å². The Morgan fingerprint density at radius 1 is 0.838 bits per heavy atom.